The Balaban J connectivity index is 1.86. The zero-order chi connectivity index (χ0) is 18.5. The third-order valence-electron chi connectivity index (χ3n) is 4.14. The Kier molecular flexibility index (Phi) is 5.22. The lowest BCUT2D eigenvalue weighted by Crippen LogP contribution is -2.06. The summed E-state index contributed by atoms with van der Waals surface area (Å²) in [7, 11) is 0. The lowest BCUT2D eigenvalue weighted by atomic mass is 10.1. The number of hydrogen-bond acceptors (Lipinski definition) is 5. The molecule has 0 atom stereocenters. The molecule has 3 aromatic rings. The van der Waals surface area contributed by atoms with Crippen molar-refractivity contribution < 1.29 is 4.79 Å². The van der Waals surface area contributed by atoms with Gasteiger partial charge in [0.25, 0.3) is 0 Å². The van der Waals surface area contributed by atoms with Crippen molar-refractivity contribution in [1.82, 2.24) is 15.0 Å². The molecule has 0 bridgehead atoms. The van der Waals surface area contributed by atoms with Gasteiger partial charge in [0, 0.05) is 24.5 Å². The molecule has 2 N–H and O–H groups in total. The summed E-state index contributed by atoms with van der Waals surface area (Å²) in [5.41, 5.74) is 4.97. The summed E-state index contributed by atoms with van der Waals surface area (Å²) in [6.45, 7) is 3.93. The number of Topliss-reactive ketones (excluding diaryl/α,β-unsaturated/α-hetero) is 1. The second-order valence-corrected chi connectivity index (χ2v) is 6.05. The van der Waals surface area contributed by atoms with Crippen molar-refractivity contribution in [1.29, 1.82) is 5.41 Å². The smallest absolute Gasteiger partial charge is 0.165 e. The normalized spacial score (nSPS) is 11.5. The quantitative estimate of drug-likeness (QED) is 0.499. The molecule has 0 aliphatic heterocycles. The standard InChI is InChI=1S/C20H21N5O/c1-3-6-20(26)15(12-21)13-22-17-10-9-16(11-14(17)2)25-19-8-5-4-7-18(19)23-24-25/h4-5,7-13,21-22H,3,6H2,1-2H3/b15-13+,21-12?. The Bertz CT molecular complexity index is 987. The molecule has 2 aromatic carbocycles. The monoisotopic (exact) mass is 347 g/mol. The Labute approximate surface area is 152 Å². The van der Waals surface area contributed by atoms with Crippen LogP contribution in [-0.2, 0) is 4.79 Å². The van der Waals surface area contributed by atoms with Crippen molar-refractivity contribution in [2.75, 3.05) is 5.32 Å². The highest BCUT2D eigenvalue weighted by Crippen LogP contribution is 2.22. The molecule has 0 unspecified atom stereocenters. The Morgan fingerprint density at radius 1 is 1.27 bits per heavy atom. The highest BCUT2D eigenvalue weighted by atomic mass is 16.1. The van der Waals surface area contributed by atoms with E-state index in [9.17, 15) is 4.79 Å². The lowest BCUT2D eigenvalue weighted by Gasteiger charge is -2.10. The first kappa shape index (κ1) is 17.5. The van der Waals surface area contributed by atoms with E-state index in [2.05, 4.69) is 15.6 Å². The van der Waals surface area contributed by atoms with Crippen molar-refractivity contribution in [3.8, 4) is 5.69 Å². The number of aromatic nitrogens is 3. The van der Waals surface area contributed by atoms with Gasteiger partial charge in [0.05, 0.1) is 16.8 Å². The summed E-state index contributed by atoms with van der Waals surface area (Å²) in [6.07, 6.45) is 3.90. The van der Waals surface area contributed by atoms with Crippen LogP contribution in [0.3, 0.4) is 0 Å². The molecule has 0 saturated heterocycles. The molecule has 0 spiro atoms. The van der Waals surface area contributed by atoms with Crippen LogP contribution in [0.2, 0.25) is 0 Å². The van der Waals surface area contributed by atoms with Crippen molar-refractivity contribution >= 4 is 28.7 Å². The third-order valence-corrected chi connectivity index (χ3v) is 4.14. The van der Waals surface area contributed by atoms with Gasteiger partial charge in [-0.25, -0.2) is 4.68 Å². The van der Waals surface area contributed by atoms with Crippen LogP contribution in [-0.4, -0.2) is 27.0 Å². The second kappa shape index (κ2) is 7.74. The summed E-state index contributed by atoms with van der Waals surface area (Å²) in [5, 5.41) is 19.0. The van der Waals surface area contributed by atoms with Crippen LogP contribution in [0.25, 0.3) is 16.7 Å². The van der Waals surface area contributed by atoms with E-state index in [-0.39, 0.29) is 5.78 Å². The van der Waals surface area contributed by atoms with Crippen LogP contribution in [0.4, 0.5) is 5.69 Å². The highest BCUT2D eigenvalue weighted by Gasteiger charge is 2.08. The first-order valence-corrected chi connectivity index (χ1v) is 8.56. The number of anilines is 1. The van der Waals surface area contributed by atoms with Gasteiger partial charge in [0.2, 0.25) is 0 Å². The fourth-order valence-corrected chi connectivity index (χ4v) is 2.73. The van der Waals surface area contributed by atoms with Gasteiger partial charge in [-0.05, 0) is 49.2 Å². The van der Waals surface area contributed by atoms with E-state index >= 15 is 0 Å². The second-order valence-electron chi connectivity index (χ2n) is 6.05. The topological polar surface area (TPSA) is 83.7 Å². The molecule has 0 aliphatic rings. The minimum Gasteiger partial charge on any atom is -0.361 e. The molecular weight excluding hydrogens is 326 g/mol. The Morgan fingerprint density at radius 2 is 2.08 bits per heavy atom. The first-order valence-electron chi connectivity index (χ1n) is 8.56. The van der Waals surface area contributed by atoms with E-state index in [0.717, 1.165) is 40.6 Å². The molecule has 0 saturated carbocycles. The van der Waals surface area contributed by atoms with Gasteiger partial charge in [0.1, 0.15) is 5.52 Å². The fourth-order valence-electron chi connectivity index (χ4n) is 2.73. The summed E-state index contributed by atoms with van der Waals surface area (Å²) >= 11 is 0. The van der Waals surface area contributed by atoms with Crippen molar-refractivity contribution in [3.63, 3.8) is 0 Å². The molecule has 6 heteroatoms. The molecule has 0 radical (unpaired) electrons. The SMILES string of the molecule is CCCC(=O)/C(C=N)=C/Nc1ccc(-n2nnc3ccccc32)cc1C. The third kappa shape index (κ3) is 3.54. The number of allylic oxidation sites excluding steroid dienone is 1. The fraction of sp³-hybridized carbons (Fsp3) is 0.200. The lowest BCUT2D eigenvalue weighted by molar-refractivity contribution is -0.115. The zero-order valence-electron chi connectivity index (χ0n) is 14.9. The van der Waals surface area contributed by atoms with Crippen molar-refractivity contribution in [2.45, 2.75) is 26.7 Å². The number of hydrogen-bond donors (Lipinski definition) is 2. The zero-order valence-corrected chi connectivity index (χ0v) is 14.9. The van der Waals surface area contributed by atoms with E-state index in [1.165, 1.54) is 0 Å². The van der Waals surface area contributed by atoms with Gasteiger partial charge < -0.3 is 10.7 Å². The van der Waals surface area contributed by atoms with E-state index in [1.54, 1.807) is 10.9 Å². The van der Waals surface area contributed by atoms with Gasteiger partial charge in [-0.2, -0.15) is 0 Å². The maximum absolute atomic E-state index is 11.9. The predicted octanol–water partition coefficient (Wildman–Crippen LogP) is 4.04. The number of ketones is 1. The largest absolute Gasteiger partial charge is 0.361 e. The van der Waals surface area contributed by atoms with E-state index in [1.807, 2.05) is 56.3 Å². The Hall–Kier alpha value is -3.28. The van der Waals surface area contributed by atoms with Crippen molar-refractivity contribution in [2.24, 2.45) is 0 Å². The first-order chi connectivity index (χ1) is 12.6. The van der Waals surface area contributed by atoms with E-state index in [4.69, 9.17) is 5.41 Å². The number of para-hydroxylation sites is 1. The molecule has 3 rings (SSSR count). The summed E-state index contributed by atoms with van der Waals surface area (Å²) in [4.78, 5) is 11.9. The number of fused-ring (bicyclic) bond motifs is 1. The average Bonchev–Trinajstić information content (AvgIpc) is 3.07. The van der Waals surface area contributed by atoms with Gasteiger partial charge in [-0.1, -0.05) is 24.3 Å². The number of benzene rings is 2. The van der Waals surface area contributed by atoms with E-state index < -0.39 is 0 Å². The predicted molar refractivity (Wildman–Crippen MR) is 104 cm³/mol. The van der Waals surface area contributed by atoms with Crippen LogP contribution in [0.15, 0.2) is 54.2 Å². The van der Waals surface area contributed by atoms with Crippen LogP contribution in [0, 0.1) is 12.3 Å². The van der Waals surface area contributed by atoms with Crippen LogP contribution >= 0.6 is 0 Å². The van der Waals surface area contributed by atoms with Crippen LogP contribution in [0.1, 0.15) is 25.3 Å². The van der Waals surface area contributed by atoms with Gasteiger partial charge in [0.15, 0.2) is 5.78 Å². The molecule has 0 fully saturated rings. The number of rotatable bonds is 7. The summed E-state index contributed by atoms with van der Waals surface area (Å²) < 4.78 is 1.80. The highest BCUT2D eigenvalue weighted by molar-refractivity contribution is 6.12. The molecule has 6 nitrogen and oxygen atoms in total. The molecule has 1 aromatic heterocycles. The molecule has 26 heavy (non-hydrogen) atoms. The minimum absolute atomic E-state index is 0.0293. The molecular formula is C20H21N5O. The van der Waals surface area contributed by atoms with Gasteiger partial charge in [-0.3, -0.25) is 4.79 Å². The van der Waals surface area contributed by atoms with Gasteiger partial charge >= 0.3 is 0 Å². The number of carbonyl (C=O) groups excluding carboxylic acids is 1. The summed E-state index contributed by atoms with van der Waals surface area (Å²) in [6, 6.07) is 13.7. The van der Waals surface area contributed by atoms with Gasteiger partial charge in [-0.15, -0.1) is 5.10 Å². The molecule has 0 aliphatic carbocycles. The number of aryl methyl sites for hydroxylation is 1. The maximum Gasteiger partial charge on any atom is 0.165 e. The number of nitrogens with one attached hydrogen (secondary N) is 2. The number of nitrogens with zero attached hydrogens (tertiary/aromatic N) is 3. The molecule has 1 heterocycles. The maximum atomic E-state index is 11.9. The number of carbonyl (C=O) groups is 1. The van der Waals surface area contributed by atoms with Crippen LogP contribution in [0.5, 0.6) is 0 Å². The van der Waals surface area contributed by atoms with E-state index in [0.29, 0.717) is 12.0 Å². The van der Waals surface area contributed by atoms with Crippen molar-refractivity contribution in [3.05, 3.63) is 59.8 Å². The summed E-state index contributed by atoms with van der Waals surface area (Å²) in [5.74, 6) is -0.0293. The minimum atomic E-state index is -0.0293. The average molecular weight is 347 g/mol. The molecule has 132 valence electrons. The Morgan fingerprint density at radius 3 is 2.81 bits per heavy atom. The molecule has 0 amide bonds. The van der Waals surface area contributed by atoms with Crippen LogP contribution < -0.4 is 5.32 Å².